The molecule has 5 nitrogen and oxygen atoms in total. The molecule has 6 heteroatoms. The van der Waals surface area contributed by atoms with Crippen molar-refractivity contribution in [1.82, 2.24) is 14.8 Å². The number of benzene rings is 3. The van der Waals surface area contributed by atoms with E-state index in [4.69, 9.17) is 11.6 Å². The quantitative estimate of drug-likeness (QED) is 0.261. The molecule has 0 radical (unpaired) electrons. The van der Waals surface area contributed by atoms with Crippen molar-refractivity contribution in [2.75, 3.05) is 19.6 Å². The van der Waals surface area contributed by atoms with Crippen molar-refractivity contribution in [2.24, 2.45) is 0 Å². The summed E-state index contributed by atoms with van der Waals surface area (Å²) >= 11 is 6.13. The number of nitrogens with zero attached hydrogens (tertiary/aromatic N) is 2. The molecule has 3 aromatic carbocycles. The average molecular weight is 502 g/mol. The number of hydrogen-bond acceptors (Lipinski definition) is 2. The fraction of sp³-hybridized carbons (Fsp3) is 0.267. The highest BCUT2D eigenvalue weighted by atomic mass is 35.5. The number of carbonyl (C=O) groups is 2. The summed E-state index contributed by atoms with van der Waals surface area (Å²) in [5.74, 6) is -0.235. The fourth-order valence-corrected chi connectivity index (χ4v) is 4.55. The molecular formula is C30H32ClN3O2. The molecule has 1 N–H and O–H groups in total. The van der Waals surface area contributed by atoms with Gasteiger partial charge in [-0.05, 0) is 48.2 Å². The molecule has 0 saturated carbocycles. The van der Waals surface area contributed by atoms with Gasteiger partial charge in [0, 0.05) is 47.3 Å². The molecule has 4 rings (SSSR count). The van der Waals surface area contributed by atoms with Crippen LogP contribution in [0.3, 0.4) is 0 Å². The smallest absolute Gasteiger partial charge is 0.254 e. The first-order chi connectivity index (χ1) is 17.5. The van der Waals surface area contributed by atoms with Crippen LogP contribution < -0.4 is 0 Å². The summed E-state index contributed by atoms with van der Waals surface area (Å²) in [6, 6.07) is 25.1. The lowest BCUT2D eigenvalue weighted by molar-refractivity contribution is -0.132. The zero-order valence-corrected chi connectivity index (χ0v) is 21.4. The van der Waals surface area contributed by atoms with E-state index in [1.165, 1.54) is 10.9 Å². The highest BCUT2D eigenvalue weighted by Gasteiger charge is 2.23. The van der Waals surface area contributed by atoms with Crippen LogP contribution >= 0.6 is 11.6 Å². The largest absolute Gasteiger partial charge is 0.361 e. The third kappa shape index (κ3) is 6.55. The Kier molecular flexibility index (Phi) is 8.80. The van der Waals surface area contributed by atoms with Gasteiger partial charge >= 0.3 is 0 Å². The second kappa shape index (κ2) is 12.4. The minimum absolute atomic E-state index is 0.0338. The molecule has 36 heavy (non-hydrogen) atoms. The lowest BCUT2D eigenvalue weighted by Crippen LogP contribution is -2.43. The lowest BCUT2D eigenvalue weighted by atomic mass is 10.1. The first-order valence-corrected chi connectivity index (χ1v) is 12.8. The van der Waals surface area contributed by atoms with Gasteiger partial charge in [-0.1, -0.05) is 79.5 Å². The third-order valence-corrected chi connectivity index (χ3v) is 6.60. The number of nitrogens with one attached hydrogen (secondary N) is 1. The van der Waals surface area contributed by atoms with E-state index in [1.807, 2.05) is 53.6 Å². The minimum atomic E-state index is -0.171. The molecule has 186 valence electrons. The molecule has 0 aliphatic carbocycles. The second-order valence-electron chi connectivity index (χ2n) is 9.00. The Morgan fingerprint density at radius 3 is 2.44 bits per heavy atom. The van der Waals surface area contributed by atoms with E-state index in [9.17, 15) is 9.59 Å². The number of carbonyl (C=O) groups excluding carboxylic acids is 2. The maximum absolute atomic E-state index is 13.6. The standard InChI is InChI=1S/C30H32ClN3O2/c1-2-3-17-34(30(36)24-12-9-13-26(31)19-24)22-29(35)33(21-23-10-5-4-6-11-23)18-16-25-20-32-28-15-8-7-14-27(25)28/h4-15,19-20,32H,2-3,16-18,21-22H2,1H3. The number of aromatic nitrogens is 1. The van der Waals surface area contributed by atoms with Gasteiger partial charge in [-0.2, -0.15) is 0 Å². The minimum Gasteiger partial charge on any atom is -0.361 e. The van der Waals surface area contributed by atoms with Crippen molar-refractivity contribution < 1.29 is 9.59 Å². The molecule has 1 aromatic heterocycles. The molecule has 0 aliphatic rings. The second-order valence-corrected chi connectivity index (χ2v) is 9.44. The van der Waals surface area contributed by atoms with E-state index in [0.717, 1.165) is 30.3 Å². The number of fused-ring (bicyclic) bond motifs is 1. The van der Waals surface area contributed by atoms with E-state index >= 15 is 0 Å². The summed E-state index contributed by atoms with van der Waals surface area (Å²) < 4.78 is 0. The number of rotatable bonds is 11. The molecule has 0 atom stereocenters. The van der Waals surface area contributed by atoms with Crippen LogP contribution in [0.1, 0.15) is 41.3 Å². The van der Waals surface area contributed by atoms with Gasteiger partial charge in [-0.15, -0.1) is 0 Å². The molecule has 0 fully saturated rings. The van der Waals surface area contributed by atoms with Gasteiger partial charge in [0.05, 0.1) is 0 Å². The van der Waals surface area contributed by atoms with Crippen LogP contribution in [0.2, 0.25) is 5.02 Å². The first kappa shape index (κ1) is 25.5. The number of amides is 2. The number of aromatic amines is 1. The van der Waals surface area contributed by atoms with Crippen molar-refractivity contribution >= 4 is 34.3 Å². The Labute approximate surface area is 217 Å². The van der Waals surface area contributed by atoms with Crippen molar-refractivity contribution in [3.8, 4) is 0 Å². The SMILES string of the molecule is CCCCN(CC(=O)N(CCc1c[nH]c2ccccc12)Cc1ccccc1)C(=O)c1cccc(Cl)c1. The Morgan fingerprint density at radius 2 is 1.67 bits per heavy atom. The van der Waals surface area contributed by atoms with Crippen molar-refractivity contribution in [1.29, 1.82) is 0 Å². The number of para-hydroxylation sites is 1. The summed E-state index contributed by atoms with van der Waals surface area (Å²) in [4.78, 5) is 33.8. The maximum atomic E-state index is 13.6. The number of H-pyrrole nitrogens is 1. The maximum Gasteiger partial charge on any atom is 0.254 e. The fourth-order valence-electron chi connectivity index (χ4n) is 4.36. The van der Waals surface area contributed by atoms with Crippen LogP contribution in [0.25, 0.3) is 10.9 Å². The first-order valence-electron chi connectivity index (χ1n) is 12.5. The zero-order valence-electron chi connectivity index (χ0n) is 20.6. The lowest BCUT2D eigenvalue weighted by Gasteiger charge is -2.28. The van der Waals surface area contributed by atoms with Crippen molar-refractivity contribution in [3.63, 3.8) is 0 Å². The van der Waals surface area contributed by atoms with Crippen LogP contribution in [-0.2, 0) is 17.8 Å². The highest BCUT2D eigenvalue weighted by Crippen LogP contribution is 2.19. The van der Waals surface area contributed by atoms with Crippen LogP contribution in [0, 0.1) is 0 Å². The summed E-state index contributed by atoms with van der Waals surface area (Å²) in [5, 5.41) is 1.68. The molecule has 1 heterocycles. The van der Waals surface area contributed by atoms with Crippen molar-refractivity contribution in [2.45, 2.75) is 32.7 Å². The van der Waals surface area contributed by atoms with Gasteiger partial charge in [0.1, 0.15) is 6.54 Å². The van der Waals surface area contributed by atoms with E-state index in [1.54, 1.807) is 29.2 Å². The van der Waals surface area contributed by atoms with Crippen LogP contribution in [0.5, 0.6) is 0 Å². The molecular weight excluding hydrogens is 470 g/mol. The Morgan fingerprint density at radius 1 is 0.889 bits per heavy atom. The predicted octanol–water partition coefficient (Wildman–Crippen LogP) is 6.34. The van der Waals surface area contributed by atoms with E-state index in [2.05, 4.69) is 24.0 Å². The molecule has 4 aromatic rings. The van der Waals surface area contributed by atoms with Crippen molar-refractivity contribution in [3.05, 3.63) is 107 Å². The van der Waals surface area contributed by atoms with E-state index < -0.39 is 0 Å². The Hall–Kier alpha value is -3.57. The van der Waals surface area contributed by atoms with Crippen LogP contribution in [0.4, 0.5) is 0 Å². The predicted molar refractivity (Wildman–Crippen MR) is 146 cm³/mol. The average Bonchev–Trinajstić information content (AvgIpc) is 3.32. The molecule has 0 unspecified atom stereocenters. The molecule has 0 aliphatic heterocycles. The van der Waals surface area contributed by atoms with Crippen LogP contribution in [0.15, 0.2) is 85.1 Å². The number of halogens is 1. The number of hydrogen-bond donors (Lipinski definition) is 1. The molecule has 0 saturated heterocycles. The van der Waals surface area contributed by atoms with Gasteiger partial charge in [0.2, 0.25) is 5.91 Å². The Balaban J connectivity index is 1.53. The zero-order chi connectivity index (χ0) is 25.3. The van der Waals surface area contributed by atoms with Gasteiger partial charge in [0.25, 0.3) is 5.91 Å². The van der Waals surface area contributed by atoms with Crippen LogP contribution in [-0.4, -0.2) is 46.2 Å². The molecule has 2 amide bonds. The number of unbranched alkanes of at least 4 members (excludes halogenated alkanes) is 1. The van der Waals surface area contributed by atoms with Gasteiger partial charge in [-0.25, -0.2) is 0 Å². The topological polar surface area (TPSA) is 56.4 Å². The summed E-state index contributed by atoms with van der Waals surface area (Å²) in [7, 11) is 0. The Bertz CT molecular complexity index is 1300. The highest BCUT2D eigenvalue weighted by molar-refractivity contribution is 6.31. The summed E-state index contributed by atoms with van der Waals surface area (Å²) in [6.07, 6.45) is 4.50. The molecule has 0 spiro atoms. The third-order valence-electron chi connectivity index (χ3n) is 6.36. The van der Waals surface area contributed by atoms with E-state index in [0.29, 0.717) is 30.2 Å². The normalized spacial score (nSPS) is 10.9. The summed E-state index contributed by atoms with van der Waals surface area (Å²) in [6.45, 7) is 3.69. The molecule has 0 bridgehead atoms. The van der Waals surface area contributed by atoms with Gasteiger partial charge in [0.15, 0.2) is 0 Å². The monoisotopic (exact) mass is 501 g/mol. The summed E-state index contributed by atoms with van der Waals surface area (Å²) in [5.41, 5.74) is 3.83. The van der Waals surface area contributed by atoms with E-state index in [-0.39, 0.29) is 18.4 Å². The van der Waals surface area contributed by atoms with Gasteiger partial charge in [-0.3, -0.25) is 9.59 Å². The van der Waals surface area contributed by atoms with Gasteiger partial charge < -0.3 is 14.8 Å².